The Bertz CT molecular complexity index is 718. The number of nitriles is 1. The summed E-state index contributed by atoms with van der Waals surface area (Å²) < 4.78 is 0. The number of amides is 1. The summed E-state index contributed by atoms with van der Waals surface area (Å²) in [6, 6.07) is 13.2. The van der Waals surface area contributed by atoms with Gasteiger partial charge in [-0.15, -0.1) is 0 Å². The van der Waals surface area contributed by atoms with E-state index in [1.807, 2.05) is 6.07 Å². The minimum absolute atomic E-state index is 0.155. The molecule has 2 aromatic carbocycles. The van der Waals surface area contributed by atoms with Crippen LogP contribution in [0.4, 0.5) is 5.69 Å². The van der Waals surface area contributed by atoms with Gasteiger partial charge in [0.2, 0.25) is 5.91 Å². The van der Waals surface area contributed by atoms with E-state index >= 15 is 0 Å². The first kappa shape index (κ1) is 15.4. The summed E-state index contributed by atoms with van der Waals surface area (Å²) in [6.07, 6.45) is 0.440. The Morgan fingerprint density at radius 2 is 1.86 bits per heavy atom. The second kappa shape index (κ2) is 6.64. The highest BCUT2D eigenvalue weighted by Crippen LogP contribution is 2.26. The number of benzene rings is 2. The van der Waals surface area contributed by atoms with Crippen molar-refractivity contribution in [2.24, 2.45) is 5.92 Å². The minimum atomic E-state index is -0.306. The molecule has 0 bridgehead atoms. The van der Waals surface area contributed by atoms with Gasteiger partial charge >= 0.3 is 0 Å². The number of aromatic hydroxyl groups is 2. The fraction of sp³-hybridized carbons (Fsp3) is 0.176. The molecule has 0 aliphatic carbocycles. The van der Waals surface area contributed by atoms with Crippen LogP contribution in [0.1, 0.15) is 18.1 Å². The van der Waals surface area contributed by atoms with Crippen molar-refractivity contribution in [1.82, 2.24) is 0 Å². The van der Waals surface area contributed by atoms with Crippen LogP contribution in [0.15, 0.2) is 42.5 Å². The first-order valence-electron chi connectivity index (χ1n) is 6.81. The maximum Gasteiger partial charge on any atom is 0.227 e. The monoisotopic (exact) mass is 296 g/mol. The summed E-state index contributed by atoms with van der Waals surface area (Å²) in [4.78, 5) is 12.1. The highest BCUT2D eigenvalue weighted by Gasteiger charge is 2.14. The van der Waals surface area contributed by atoms with Crippen molar-refractivity contribution in [3.63, 3.8) is 0 Å². The van der Waals surface area contributed by atoms with Crippen molar-refractivity contribution in [3.8, 4) is 17.6 Å². The van der Waals surface area contributed by atoms with Gasteiger partial charge in [-0.25, -0.2) is 0 Å². The molecule has 3 N–H and O–H groups in total. The Labute approximate surface area is 128 Å². The molecule has 1 atom stereocenters. The van der Waals surface area contributed by atoms with E-state index in [2.05, 4.69) is 5.32 Å². The third-order valence-corrected chi connectivity index (χ3v) is 3.31. The first-order valence-corrected chi connectivity index (χ1v) is 6.81. The highest BCUT2D eigenvalue weighted by molar-refractivity contribution is 5.92. The van der Waals surface area contributed by atoms with E-state index in [9.17, 15) is 15.0 Å². The van der Waals surface area contributed by atoms with Gasteiger partial charge in [0.05, 0.1) is 11.6 Å². The molecule has 0 saturated carbocycles. The molecule has 1 amide bonds. The molecule has 5 nitrogen and oxygen atoms in total. The van der Waals surface area contributed by atoms with E-state index in [-0.39, 0.29) is 23.3 Å². The highest BCUT2D eigenvalue weighted by atomic mass is 16.3. The number of phenolic OH excluding ortho intramolecular Hbond substituents is 2. The summed E-state index contributed by atoms with van der Waals surface area (Å²) in [6.45, 7) is 1.78. The molecule has 0 radical (unpaired) electrons. The standard InChI is InChI=1S/C17H16N2O3/c1-11(8-13-4-7-15(20)16(21)9-13)17(22)19-14-5-2-12(10-18)3-6-14/h2-7,9,11,20-21H,8H2,1H3,(H,19,22). The Balaban J connectivity index is 1.99. The van der Waals surface area contributed by atoms with Gasteiger partial charge in [-0.2, -0.15) is 5.26 Å². The molecule has 2 aromatic rings. The molecule has 1 unspecified atom stereocenters. The number of phenols is 2. The van der Waals surface area contributed by atoms with Gasteiger partial charge < -0.3 is 15.5 Å². The number of carbonyl (C=O) groups excluding carboxylic acids is 1. The molecular formula is C17H16N2O3. The van der Waals surface area contributed by atoms with Crippen LogP contribution in [-0.4, -0.2) is 16.1 Å². The lowest BCUT2D eigenvalue weighted by molar-refractivity contribution is -0.119. The fourth-order valence-electron chi connectivity index (χ4n) is 2.04. The van der Waals surface area contributed by atoms with Crippen molar-refractivity contribution in [2.45, 2.75) is 13.3 Å². The summed E-state index contributed by atoms with van der Waals surface area (Å²) in [7, 11) is 0. The van der Waals surface area contributed by atoms with Crippen molar-refractivity contribution in [2.75, 3.05) is 5.32 Å². The van der Waals surface area contributed by atoms with Gasteiger partial charge in [-0.1, -0.05) is 13.0 Å². The maximum atomic E-state index is 12.1. The third kappa shape index (κ3) is 3.76. The van der Waals surface area contributed by atoms with Crippen molar-refractivity contribution in [1.29, 1.82) is 5.26 Å². The van der Waals surface area contributed by atoms with Gasteiger partial charge in [-0.05, 0) is 48.4 Å². The Morgan fingerprint density at radius 1 is 1.18 bits per heavy atom. The predicted octanol–water partition coefficient (Wildman–Crippen LogP) is 2.79. The number of anilines is 1. The second-order valence-corrected chi connectivity index (χ2v) is 5.11. The van der Waals surface area contributed by atoms with Gasteiger partial charge in [-0.3, -0.25) is 4.79 Å². The van der Waals surface area contributed by atoms with Crippen molar-refractivity contribution < 1.29 is 15.0 Å². The van der Waals surface area contributed by atoms with E-state index in [0.717, 1.165) is 5.56 Å². The van der Waals surface area contributed by atoms with Crippen molar-refractivity contribution >= 4 is 11.6 Å². The average molecular weight is 296 g/mol. The summed E-state index contributed by atoms with van der Waals surface area (Å²) in [5.74, 6) is -0.840. The van der Waals surface area contributed by atoms with E-state index in [1.165, 1.54) is 12.1 Å². The molecule has 0 saturated heterocycles. The molecule has 2 rings (SSSR count). The van der Waals surface area contributed by atoms with Crippen LogP contribution < -0.4 is 5.32 Å². The molecular weight excluding hydrogens is 280 g/mol. The molecule has 0 aliphatic rings. The van der Waals surface area contributed by atoms with Crippen LogP contribution in [0.3, 0.4) is 0 Å². The first-order chi connectivity index (χ1) is 10.5. The van der Waals surface area contributed by atoms with Gasteiger partial charge in [0.25, 0.3) is 0 Å². The summed E-state index contributed by atoms with van der Waals surface area (Å²) in [5, 5.41) is 30.2. The zero-order valence-corrected chi connectivity index (χ0v) is 12.1. The number of rotatable bonds is 4. The normalized spacial score (nSPS) is 11.5. The van der Waals surface area contributed by atoms with Crippen LogP contribution in [0.2, 0.25) is 0 Å². The Kier molecular flexibility index (Phi) is 4.64. The quantitative estimate of drug-likeness (QED) is 0.756. The smallest absolute Gasteiger partial charge is 0.227 e. The van der Waals surface area contributed by atoms with Crippen LogP contribution >= 0.6 is 0 Å². The van der Waals surface area contributed by atoms with Crippen molar-refractivity contribution in [3.05, 3.63) is 53.6 Å². The zero-order chi connectivity index (χ0) is 16.1. The molecule has 0 heterocycles. The third-order valence-electron chi connectivity index (χ3n) is 3.31. The lowest BCUT2D eigenvalue weighted by Crippen LogP contribution is -2.22. The molecule has 112 valence electrons. The van der Waals surface area contributed by atoms with E-state index in [4.69, 9.17) is 5.26 Å². The van der Waals surface area contributed by atoms with Crippen LogP contribution in [-0.2, 0) is 11.2 Å². The number of nitrogens with zero attached hydrogens (tertiary/aromatic N) is 1. The summed E-state index contributed by atoms with van der Waals surface area (Å²) >= 11 is 0. The lowest BCUT2D eigenvalue weighted by Gasteiger charge is -2.13. The van der Waals surface area contributed by atoms with Crippen LogP contribution in [0.5, 0.6) is 11.5 Å². The minimum Gasteiger partial charge on any atom is -0.504 e. The van der Waals surface area contributed by atoms with Gasteiger partial charge in [0, 0.05) is 11.6 Å². The number of nitrogens with one attached hydrogen (secondary N) is 1. The average Bonchev–Trinajstić information content (AvgIpc) is 2.51. The Hall–Kier alpha value is -3.00. The lowest BCUT2D eigenvalue weighted by atomic mass is 10.00. The topological polar surface area (TPSA) is 93.3 Å². The summed E-state index contributed by atoms with van der Waals surface area (Å²) in [5.41, 5.74) is 1.92. The molecule has 0 fully saturated rings. The van der Waals surface area contributed by atoms with Gasteiger partial charge in [0.15, 0.2) is 11.5 Å². The molecule has 0 spiro atoms. The second-order valence-electron chi connectivity index (χ2n) is 5.11. The molecule has 0 aliphatic heterocycles. The largest absolute Gasteiger partial charge is 0.504 e. The Morgan fingerprint density at radius 3 is 2.45 bits per heavy atom. The molecule has 0 aromatic heterocycles. The molecule has 5 heteroatoms. The number of hydrogen-bond acceptors (Lipinski definition) is 4. The predicted molar refractivity (Wildman–Crippen MR) is 82.4 cm³/mol. The number of carbonyl (C=O) groups is 1. The van der Waals surface area contributed by atoms with Crippen LogP contribution in [0.25, 0.3) is 0 Å². The number of hydrogen-bond donors (Lipinski definition) is 3. The van der Waals surface area contributed by atoms with Crippen LogP contribution in [0, 0.1) is 17.2 Å². The van der Waals surface area contributed by atoms with E-state index in [1.54, 1.807) is 37.3 Å². The van der Waals surface area contributed by atoms with E-state index in [0.29, 0.717) is 17.7 Å². The molecule has 22 heavy (non-hydrogen) atoms. The van der Waals surface area contributed by atoms with Gasteiger partial charge in [0.1, 0.15) is 0 Å². The fourth-order valence-corrected chi connectivity index (χ4v) is 2.04. The van der Waals surface area contributed by atoms with E-state index < -0.39 is 0 Å². The maximum absolute atomic E-state index is 12.1. The SMILES string of the molecule is CC(Cc1ccc(O)c(O)c1)C(=O)Nc1ccc(C#N)cc1. The zero-order valence-electron chi connectivity index (χ0n) is 12.1.